The van der Waals surface area contributed by atoms with Crippen LogP contribution >= 0.6 is 0 Å². The summed E-state index contributed by atoms with van der Waals surface area (Å²) in [5.74, 6) is 0.142. The fraction of sp³-hybridized carbons (Fsp3) is 0.143. The van der Waals surface area contributed by atoms with E-state index in [4.69, 9.17) is 5.11 Å². The van der Waals surface area contributed by atoms with Crippen LogP contribution in [0, 0.1) is 10.1 Å². The van der Waals surface area contributed by atoms with Gasteiger partial charge in [0, 0.05) is 13.1 Å². The number of carbonyl (C=O) groups is 1. The maximum atomic E-state index is 10.5. The first kappa shape index (κ1) is 9.90. The zero-order valence-corrected chi connectivity index (χ0v) is 7.25. The molecule has 0 atom stereocenters. The lowest BCUT2D eigenvalue weighted by Crippen LogP contribution is -2.24. The molecule has 0 aromatic carbocycles. The monoisotopic (exact) mass is 197 g/mol. The summed E-state index contributed by atoms with van der Waals surface area (Å²) in [5.41, 5.74) is -0.174. The molecule has 1 aromatic heterocycles. The lowest BCUT2D eigenvalue weighted by molar-refractivity contribution is -0.385. The molecule has 1 heterocycles. The van der Waals surface area contributed by atoms with Gasteiger partial charge in [0.25, 0.3) is 5.69 Å². The fourth-order valence-corrected chi connectivity index (χ4v) is 0.783. The Morgan fingerprint density at radius 1 is 1.64 bits per heavy atom. The number of carboxylic acid groups (broad SMARTS) is 1. The molecular weight excluding hydrogens is 190 g/mol. The van der Waals surface area contributed by atoms with Crippen LogP contribution in [0.15, 0.2) is 18.3 Å². The second kappa shape index (κ2) is 3.69. The van der Waals surface area contributed by atoms with Gasteiger partial charge >= 0.3 is 6.09 Å². The van der Waals surface area contributed by atoms with Gasteiger partial charge in [-0.1, -0.05) is 0 Å². The van der Waals surface area contributed by atoms with E-state index in [9.17, 15) is 14.9 Å². The van der Waals surface area contributed by atoms with Crippen LogP contribution in [0.1, 0.15) is 0 Å². The molecule has 1 aromatic rings. The van der Waals surface area contributed by atoms with E-state index in [1.165, 1.54) is 19.2 Å². The topological polar surface area (TPSA) is 96.6 Å². The van der Waals surface area contributed by atoms with Crippen LogP contribution in [0.25, 0.3) is 0 Å². The molecule has 1 rings (SSSR count). The first-order chi connectivity index (χ1) is 6.52. The van der Waals surface area contributed by atoms with Crippen molar-refractivity contribution in [1.29, 1.82) is 0 Å². The summed E-state index contributed by atoms with van der Waals surface area (Å²) in [7, 11) is 1.30. The fourth-order valence-electron chi connectivity index (χ4n) is 0.783. The highest BCUT2D eigenvalue weighted by Crippen LogP contribution is 2.14. The maximum Gasteiger partial charge on any atom is 0.412 e. The predicted octanol–water partition coefficient (Wildman–Crippen LogP) is 1.10. The van der Waals surface area contributed by atoms with Crippen molar-refractivity contribution >= 4 is 17.6 Å². The van der Waals surface area contributed by atoms with Crippen LogP contribution in [-0.2, 0) is 0 Å². The maximum absolute atomic E-state index is 10.5. The van der Waals surface area contributed by atoms with E-state index in [-0.39, 0.29) is 11.5 Å². The van der Waals surface area contributed by atoms with Gasteiger partial charge in [0.1, 0.15) is 12.0 Å². The van der Waals surface area contributed by atoms with Gasteiger partial charge in [-0.25, -0.2) is 9.78 Å². The average molecular weight is 197 g/mol. The highest BCUT2D eigenvalue weighted by molar-refractivity contribution is 5.83. The second-order valence-electron chi connectivity index (χ2n) is 2.47. The van der Waals surface area contributed by atoms with Crippen LogP contribution in [-0.4, -0.2) is 28.2 Å². The standard InChI is InChI=1S/C7H7N3O4/c1-9(7(11)12)6-3-2-5(4-8-6)10(13)14/h2-4H,1H3,(H,11,12). The van der Waals surface area contributed by atoms with Gasteiger partial charge in [0.15, 0.2) is 0 Å². The highest BCUT2D eigenvalue weighted by atomic mass is 16.6. The van der Waals surface area contributed by atoms with Gasteiger partial charge < -0.3 is 5.11 Å². The van der Waals surface area contributed by atoms with Crippen LogP contribution in [0.4, 0.5) is 16.3 Å². The SMILES string of the molecule is CN(C(=O)O)c1ccc([N+](=O)[O-])cn1. The summed E-state index contributed by atoms with van der Waals surface area (Å²) in [6.07, 6.45) is -0.166. The molecule has 0 fully saturated rings. The largest absolute Gasteiger partial charge is 0.465 e. The van der Waals surface area contributed by atoms with Crippen LogP contribution in [0.2, 0.25) is 0 Å². The molecule has 7 nitrogen and oxygen atoms in total. The molecule has 0 aliphatic heterocycles. The van der Waals surface area contributed by atoms with Crippen molar-refractivity contribution in [2.75, 3.05) is 11.9 Å². The van der Waals surface area contributed by atoms with Crippen molar-refractivity contribution in [2.45, 2.75) is 0 Å². The molecule has 1 N–H and O–H groups in total. The summed E-state index contributed by atoms with van der Waals surface area (Å²) < 4.78 is 0. The summed E-state index contributed by atoms with van der Waals surface area (Å²) in [6, 6.07) is 2.47. The van der Waals surface area contributed by atoms with Gasteiger partial charge in [-0.05, 0) is 6.07 Å². The Balaban J connectivity index is 2.94. The second-order valence-corrected chi connectivity index (χ2v) is 2.47. The van der Waals surface area contributed by atoms with E-state index in [1.54, 1.807) is 0 Å². The first-order valence-corrected chi connectivity index (χ1v) is 3.59. The smallest absolute Gasteiger partial charge is 0.412 e. The van der Waals surface area contributed by atoms with E-state index in [0.29, 0.717) is 0 Å². The number of pyridine rings is 1. The van der Waals surface area contributed by atoms with Crippen LogP contribution in [0.5, 0.6) is 0 Å². The lowest BCUT2D eigenvalue weighted by atomic mass is 10.4. The third-order valence-electron chi connectivity index (χ3n) is 1.57. The molecule has 0 saturated carbocycles. The van der Waals surface area contributed by atoms with E-state index in [1.807, 2.05) is 0 Å². The Kier molecular flexibility index (Phi) is 2.61. The van der Waals surface area contributed by atoms with Crippen molar-refractivity contribution in [3.05, 3.63) is 28.4 Å². The van der Waals surface area contributed by atoms with Crippen molar-refractivity contribution in [1.82, 2.24) is 4.98 Å². The van der Waals surface area contributed by atoms with Crippen molar-refractivity contribution < 1.29 is 14.8 Å². The van der Waals surface area contributed by atoms with Gasteiger partial charge in [-0.15, -0.1) is 0 Å². The number of rotatable bonds is 2. The van der Waals surface area contributed by atoms with Crippen LogP contribution < -0.4 is 4.90 Å². The molecule has 0 saturated heterocycles. The minimum atomic E-state index is -1.17. The number of hydrogen-bond acceptors (Lipinski definition) is 4. The molecule has 0 radical (unpaired) electrons. The van der Waals surface area contributed by atoms with E-state index in [0.717, 1.165) is 11.1 Å². The van der Waals surface area contributed by atoms with Gasteiger partial charge in [0.05, 0.1) is 4.92 Å². The minimum absolute atomic E-state index is 0.142. The Bertz CT molecular complexity index is 362. The van der Waals surface area contributed by atoms with E-state index in [2.05, 4.69) is 4.98 Å². The Labute approximate surface area is 78.7 Å². The quantitative estimate of drug-likeness (QED) is 0.565. The summed E-state index contributed by atoms with van der Waals surface area (Å²) >= 11 is 0. The van der Waals surface area contributed by atoms with Crippen LogP contribution in [0.3, 0.4) is 0 Å². The summed E-state index contributed by atoms with van der Waals surface area (Å²) in [5, 5.41) is 18.8. The van der Waals surface area contributed by atoms with Crippen molar-refractivity contribution in [3.8, 4) is 0 Å². The zero-order chi connectivity index (χ0) is 10.7. The van der Waals surface area contributed by atoms with Gasteiger partial charge in [-0.3, -0.25) is 15.0 Å². The average Bonchev–Trinajstić information content (AvgIpc) is 2.16. The highest BCUT2D eigenvalue weighted by Gasteiger charge is 2.11. The number of nitro groups is 1. The minimum Gasteiger partial charge on any atom is -0.465 e. The number of aromatic nitrogens is 1. The predicted molar refractivity (Wildman–Crippen MR) is 47.3 cm³/mol. The van der Waals surface area contributed by atoms with Gasteiger partial charge in [0.2, 0.25) is 0 Å². The molecule has 7 heteroatoms. The Morgan fingerprint density at radius 2 is 2.29 bits per heavy atom. The van der Waals surface area contributed by atoms with Crippen molar-refractivity contribution in [2.24, 2.45) is 0 Å². The molecule has 14 heavy (non-hydrogen) atoms. The molecule has 0 aliphatic rings. The number of hydrogen-bond donors (Lipinski definition) is 1. The van der Waals surface area contributed by atoms with Crippen molar-refractivity contribution in [3.63, 3.8) is 0 Å². The molecule has 74 valence electrons. The Hall–Kier alpha value is -2.18. The molecule has 0 bridgehead atoms. The normalized spacial score (nSPS) is 9.50. The third-order valence-corrected chi connectivity index (χ3v) is 1.57. The Morgan fingerprint density at radius 3 is 2.64 bits per heavy atom. The molecule has 0 spiro atoms. The van der Waals surface area contributed by atoms with Gasteiger partial charge in [-0.2, -0.15) is 0 Å². The molecule has 0 aliphatic carbocycles. The summed E-state index contributed by atoms with van der Waals surface area (Å²) in [4.78, 5) is 24.6. The molecular formula is C7H7N3O4. The van der Waals surface area contributed by atoms with E-state index < -0.39 is 11.0 Å². The number of nitrogens with zero attached hydrogens (tertiary/aromatic N) is 3. The summed E-state index contributed by atoms with van der Waals surface area (Å²) in [6.45, 7) is 0. The third kappa shape index (κ3) is 1.94. The lowest BCUT2D eigenvalue weighted by Gasteiger charge is -2.10. The number of amides is 1. The number of anilines is 1. The zero-order valence-electron chi connectivity index (χ0n) is 7.25. The molecule has 0 unspecified atom stereocenters. The molecule has 1 amide bonds. The first-order valence-electron chi connectivity index (χ1n) is 3.59. The van der Waals surface area contributed by atoms with E-state index >= 15 is 0 Å².